The molecule has 0 amide bonds. The first kappa shape index (κ1) is 14.5. The van der Waals surface area contributed by atoms with Crippen molar-refractivity contribution in [1.29, 1.82) is 0 Å². The molecule has 0 bridgehead atoms. The van der Waals surface area contributed by atoms with Gasteiger partial charge in [-0.3, -0.25) is 0 Å². The molecule has 3 heteroatoms. The van der Waals surface area contributed by atoms with Crippen LogP contribution in [0, 0.1) is 13.8 Å². The van der Waals surface area contributed by atoms with Crippen LogP contribution in [0.1, 0.15) is 42.0 Å². The highest BCUT2D eigenvalue weighted by molar-refractivity contribution is 5.43. The van der Waals surface area contributed by atoms with E-state index in [0.717, 1.165) is 16.9 Å². The average molecular weight is 270 g/mol. The molecule has 0 aliphatic rings. The van der Waals surface area contributed by atoms with Crippen LogP contribution in [0.2, 0.25) is 0 Å². The van der Waals surface area contributed by atoms with E-state index in [1.54, 1.807) is 6.20 Å². The van der Waals surface area contributed by atoms with E-state index in [1.165, 1.54) is 11.1 Å². The lowest BCUT2D eigenvalue weighted by Gasteiger charge is -2.16. The van der Waals surface area contributed by atoms with Gasteiger partial charge in [-0.15, -0.1) is 0 Å². The van der Waals surface area contributed by atoms with Crippen molar-refractivity contribution in [2.45, 2.75) is 40.2 Å². The molecule has 2 rings (SSSR count). The highest BCUT2D eigenvalue weighted by atomic mass is 16.5. The maximum atomic E-state index is 6.06. The summed E-state index contributed by atoms with van der Waals surface area (Å²) in [5.74, 6) is 1.88. The van der Waals surface area contributed by atoms with Crippen LogP contribution in [0.25, 0.3) is 0 Å². The summed E-state index contributed by atoms with van der Waals surface area (Å²) in [4.78, 5) is 4.33. The van der Waals surface area contributed by atoms with Crippen molar-refractivity contribution < 1.29 is 4.74 Å². The Morgan fingerprint density at radius 1 is 1.20 bits per heavy atom. The van der Waals surface area contributed by atoms with Gasteiger partial charge in [-0.2, -0.15) is 0 Å². The normalized spacial score (nSPS) is 10.9. The van der Waals surface area contributed by atoms with E-state index in [9.17, 15) is 0 Å². The molecule has 20 heavy (non-hydrogen) atoms. The van der Waals surface area contributed by atoms with Crippen LogP contribution in [-0.4, -0.2) is 4.98 Å². The predicted octanol–water partition coefficient (Wildman–Crippen LogP) is 4.07. The fourth-order valence-electron chi connectivity index (χ4n) is 2.21. The molecule has 0 spiro atoms. The molecule has 0 radical (unpaired) electrons. The Balaban J connectivity index is 2.44. The number of hydrogen-bond acceptors (Lipinski definition) is 3. The van der Waals surface area contributed by atoms with E-state index >= 15 is 0 Å². The Morgan fingerprint density at radius 3 is 2.60 bits per heavy atom. The quantitative estimate of drug-likeness (QED) is 0.911. The third-order valence-electron chi connectivity index (χ3n) is 3.45. The molecule has 0 atom stereocenters. The molecular formula is C17H22N2O. The molecule has 0 fully saturated rings. The van der Waals surface area contributed by atoms with E-state index in [1.807, 2.05) is 13.0 Å². The first-order valence-corrected chi connectivity index (χ1v) is 6.96. The van der Waals surface area contributed by atoms with Gasteiger partial charge in [0.2, 0.25) is 5.88 Å². The third kappa shape index (κ3) is 2.99. The molecule has 1 aromatic heterocycles. The van der Waals surface area contributed by atoms with Gasteiger partial charge in [-0.25, -0.2) is 4.98 Å². The van der Waals surface area contributed by atoms with E-state index in [4.69, 9.17) is 10.5 Å². The molecule has 0 unspecified atom stereocenters. The lowest BCUT2D eigenvalue weighted by molar-refractivity contribution is 0.447. The third-order valence-corrected chi connectivity index (χ3v) is 3.45. The number of pyridine rings is 1. The summed E-state index contributed by atoms with van der Waals surface area (Å²) < 4.78 is 6.06. The Bertz CT molecular complexity index is 606. The molecule has 1 heterocycles. The first-order valence-electron chi connectivity index (χ1n) is 6.96. The minimum absolute atomic E-state index is 0.400. The van der Waals surface area contributed by atoms with Crippen LogP contribution in [0.4, 0.5) is 0 Å². The molecule has 3 nitrogen and oxygen atoms in total. The maximum absolute atomic E-state index is 6.06. The molecule has 0 aliphatic heterocycles. The van der Waals surface area contributed by atoms with Crippen molar-refractivity contribution in [3.05, 3.63) is 52.7 Å². The summed E-state index contributed by atoms with van der Waals surface area (Å²) in [7, 11) is 0. The van der Waals surface area contributed by atoms with Crippen molar-refractivity contribution in [2.24, 2.45) is 5.73 Å². The van der Waals surface area contributed by atoms with Crippen LogP contribution in [0.5, 0.6) is 11.6 Å². The number of aromatic nitrogens is 1. The topological polar surface area (TPSA) is 48.1 Å². The van der Waals surface area contributed by atoms with Gasteiger partial charge in [0.25, 0.3) is 0 Å². The number of nitrogens with two attached hydrogens (primary N) is 1. The van der Waals surface area contributed by atoms with E-state index in [-0.39, 0.29) is 0 Å². The Labute approximate surface area is 120 Å². The molecule has 0 saturated carbocycles. The molecular weight excluding hydrogens is 248 g/mol. The van der Waals surface area contributed by atoms with Crippen molar-refractivity contribution in [3.8, 4) is 11.6 Å². The van der Waals surface area contributed by atoms with Gasteiger partial charge in [0, 0.05) is 18.3 Å². The van der Waals surface area contributed by atoms with Gasteiger partial charge < -0.3 is 10.5 Å². The highest BCUT2D eigenvalue weighted by Gasteiger charge is 2.13. The molecule has 0 saturated heterocycles. The highest BCUT2D eigenvalue weighted by Crippen LogP contribution is 2.32. The van der Waals surface area contributed by atoms with E-state index in [2.05, 4.69) is 44.0 Å². The lowest BCUT2D eigenvalue weighted by Crippen LogP contribution is -2.04. The van der Waals surface area contributed by atoms with Crippen LogP contribution in [0.15, 0.2) is 30.5 Å². The van der Waals surface area contributed by atoms with Crippen LogP contribution in [0.3, 0.4) is 0 Å². The zero-order chi connectivity index (χ0) is 14.7. The van der Waals surface area contributed by atoms with Crippen molar-refractivity contribution in [1.82, 2.24) is 4.98 Å². The van der Waals surface area contributed by atoms with Gasteiger partial charge in [0.15, 0.2) is 0 Å². The second kappa shape index (κ2) is 6.06. The molecule has 2 N–H and O–H groups in total. The number of benzene rings is 1. The van der Waals surface area contributed by atoms with Crippen molar-refractivity contribution in [3.63, 3.8) is 0 Å². The summed E-state index contributed by atoms with van der Waals surface area (Å²) in [6, 6.07) is 8.23. The lowest BCUT2D eigenvalue weighted by atomic mass is 10.0. The first-order chi connectivity index (χ1) is 9.52. The number of ether oxygens (including phenoxy) is 1. The summed E-state index contributed by atoms with van der Waals surface area (Å²) in [5, 5.41) is 0. The van der Waals surface area contributed by atoms with Crippen LogP contribution in [-0.2, 0) is 6.54 Å². The fourth-order valence-corrected chi connectivity index (χ4v) is 2.21. The average Bonchev–Trinajstić information content (AvgIpc) is 2.38. The van der Waals surface area contributed by atoms with Crippen LogP contribution < -0.4 is 10.5 Å². The van der Waals surface area contributed by atoms with Gasteiger partial charge in [-0.05, 0) is 48.6 Å². The zero-order valence-corrected chi connectivity index (χ0v) is 12.6. The Morgan fingerprint density at radius 2 is 1.95 bits per heavy atom. The fraction of sp³-hybridized carbons (Fsp3) is 0.353. The second-order valence-electron chi connectivity index (χ2n) is 5.41. The van der Waals surface area contributed by atoms with Gasteiger partial charge in [0.05, 0.1) is 0 Å². The van der Waals surface area contributed by atoms with Gasteiger partial charge >= 0.3 is 0 Å². The zero-order valence-electron chi connectivity index (χ0n) is 12.6. The van der Waals surface area contributed by atoms with E-state index in [0.29, 0.717) is 18.3 Å². The smallest absolute Gasteiger partial charge is 0.223 e. The summed E-state index contributed by atoms with van der Waals surface area (Å²) >= 11 is 0. The maximum Gasteiger partial charge on any atom is 0.223 e. The second-order valence-corrected chi connectivity index (χ2v) is 5.41. The predicted molar refractivity (Wildman–Crippen MR) is 82.2 cm³/mol. The molecule has 2 aromatic rings. The summed E-state index contributed by atoms with van der Waals surface area (Å²) in [5.41, 5.74) is 10.2. The SMILES string of the molecule is Cc1ccc(C(C)C)c(Oc2nccc(C)c2CN)c1. The van der Waals surface area contributed by atoms with Gasteiger partial charge in [-0.1, -0.05) is 26.0 Å². The molecule has 106 valence electrons. The van der Waals surface area contributed by atoms with Crippen molar-refractivity contribution in [2.75, 3.05) is 0 Å². The minimum Gasteiger partial charge on any atom is -0.438 e. The summed E-state index contributed by atoms with van der Waals surface area (Å²) in [6.07, 6.45) is 1.76. The monoisotopic (exact) mass is 270 g/mol. The number of rotatable bonds is 4. The number of hydrogen-bond donors (Lipinski definition) is 1. The number of aryl methyl sites for hydroxylation is 2. The molecule has 0 aliphatic carbocycles. The minimum atomic E-state index is 0.400. The Kier molecular flexibility index (Phi) is 4.40. The standard InChI is InChI=1S/C17H22N2O/c1-11(2)14-6-5-12(3)9-16(14)20-17-15(10-18)13(4)7-8-19-17/h5-9,11H,10,18H2,1-4H3. The van der Waals surface area contributed by atoms with E-state index < -0.39 is 0 Å². The Hall–Kier alpha value is -1.87. The van der Waals surface area contributed by atoms with Gasteiger partial charge in [0.1, 0.15) is 5.75 Å². The number of nitrogens with zero attached hydrogens (tertiary/aromatic N) is 1. The summed E-state index contributed by atoms with van der Waals surface area (Å²) in [6.45, 7) is 8.83. The van der Waals surface area contributed by atoms with Crippen molar-refractivity contribution >= 4 is 0 Å². The van der Waals surface area contributed by atoms with Crippen LogP contribution >= 0.6 is 0 Å². The largest absolute Gasteiger partial charge is 0.438 e. The molecule has 1 aromatic carbocycles.